The summed E-state index contributed by atoms with van der Waals surface area (Å²) in [6.07, 6.45) is 2.30. The molecule has 0 fully saturated rings. The lowest BCUT2D eigenvalue weighted by Crippen LogP contribution is -2.13. The average Bonchev–Trinajstić information content (AvgIpc) is 2.59. The molecule has 1 rings (SSSR count). The Morgan fingerprint density at radius 3 is 2.41 bits per heavy atom. The SMILES string of the molecule is Cc1c(C(C)C(C)C)cnn1CCOC(C)C. The summed E-state index contributed by atoms with van der Waals surface area (Å²) in [5.41, 5.74) is 2.64. The fraction of sp³-hybridized carbons (Fsp3) is 0.786. The third-order valence-electron chi connectivity index (χ3n) is 3.39. The van der Waals surface area contributed by atoms with Crippen molar-refractivity contribution >= 4 is 0 Å². The third kappa shape index (κ3) is 3.84. The van der Waals surface area contributed by atoms with Crippen LogP contribution in [-0.4, -0.2) is 22.5 Å². The average molecular weight is 238 g/mol. The number of aromatic nitrogens is 2. The molecule has 98 valence electrons. The molecule has 3 nitrogen and oxygen atoms in total. The first-order valence-electron chi connectivity index (χ1n) is 6.57. The van der Waals surface area contributed by atoms with Crippen LogP contribution in [0.3, 0.4) is 0 Å². The largest absolute Gasteiger partial charge is 0.377 e. The van der Waals surface area contributed by atoms with Crippen LogP contribution < -0.4 is 0 Å². The molecular weight excluding hydrogens is 212 g/mol. The summed E-state index contributed by atoms with van der Waals surface area (Å²) in [4.78, 5) is 0. The Labute approximate surface area is 105 Å². The van der Waals surface area contributed by atoms with Crippen LogP contribution in [0.4, 0.5) is 0 Å². The van der Waals surface area contributed by atoms with E-state index in [0.717, 1.165) is 13.2 Å². The van der Waals surface area contributed by atoms with Gasteiger partial charge in [-0.25, -0.2) is 0 Å². The Morgan fingerprint density at radius 1 is 1.24 bits per heavy atom. The van der Waals surface area contributed by atoms with Gasteiger partial charge in [0.15, 0.2) is 0 Å². The van der Waals surface area contributed by atoms with Crippen molar-refractivity contribution in [2.45, 2.75) is 60.1 Å². The van der Waals surface area contributed by atoms with Crippen molar-refractivity contribution in [1.82, 2.24) is 9.78 Å². The van der Waals surface area contributed by atoms with E-state index in [1.807, 2.05) is 6.20 Å². The number of ether oxygens (including phenoxy) is 1. The second kappa shape index (κ2) is 6.20. The molecule has 0 N–H and O–H groups in total. The first-order valence-corrected chi connectivity index (χ1v) is 6.57. The molecule has 0 radical (unpaired) electrons. The Bertz CT molecular complexity index is 342. The van der Waals surface area contributed by atoms with Gasteiger partial charge >= 0.3 is 0 Å². The summed E-state index contributed by atoms with van der Waals surface area (Å²) < 4.78 is 7.61. The lowest BCUT2D eigenvalue weighted by Gasteiger charge is -2.15. The zero-order valence-electron chi connectivity index (χ0n) is 12.0. The van der Waals surface area contributed by atoms with Crippen LogP contribution in [0.1, 0.15) is 51.8 Å². The molecule has 17 heavy (non-hydrogen) atoms. The maximum Gasteiger partial charge on any atom is 0.0666 e. The molecule has 0 bridgehead atoms. The summed E-state index contributed by atoms with van der Waals surface area (Å²) >= 11 is 0. The van der Waals surface area contributed by atoms with Gasteiger partial charge in [0.05, 0.1) is 25.5 Å². The summed E-state index contributed by atoms with van der Waals surface area (Å²) in [5, 5.41) is 4.45. The zero-order chi connectivity index (χ0) is 13.0. The van der Waals surface area contributed by atoms with Gasteiger partial charge in [0.2, 0.25) is 0 Å². The topological polar surface area (TPSA) is 27.1 Å². The Balaban J connectivity index is 2.64. The predicted octanol–water partition coefficient (Wildman–Crippen LogP) is 3.38. The first kappa shape index (κ1) is 14.2. The van der Waals surface area contributed by atoms with Gasteiger partial charge in [-0.1, -0.05) is 20.8 Å². The molecular formula is C14H26N2O. The van der Waals surface area contributed by atoms with Crippen molar-refractivity contribution in [2.75, 3.05) is 6.61 Å². The first-order chi connectivity index (χ1) is 7.93. The minimum Gasteiger partial charge on any atom is -0.377 e. The zero-order valence-corrected chi connectivity index (χ0v) is 12.0. The molecule has 0 saturated heterocycles. The van der Waals surface area contributed by atoms with Crippen LogP contribution in [-0.2, 0) is 11.3 Å². The summed E-state index contributed by atoms with van der Waals surface area (Å²) in [7, 11) is 0. The number of nitrogens with zero attached hydrogens (tertiary/aromatic N) is 2. The van der Waals surface area contributed by atoms with Crippen molar-refractivity contribution in [3.63, 3.8) is 0 Å². The van der Waals surface area contributed by atoms with Gasteiger partial charge in [-0.05, 0) is 38.2 Å². The number of rotatable bonds is 6. The minimum atomic E-state index is 0.292. The highest BCUT2D eigenvalue weighted by Crippen LogP contribution is 2.25. The van der Waals surface area contributed by atoms with Crippen LogP contribution >= 0.6 is 0 Å². The van der Waals surface area contributed by atoms with Gasteiger partial charge in [-0.2, -0.15) is 5.10 Å². The van der Waals surface area contributed by atoms with E-state index in [1.54, 1.807) is 0 Å². The highest BCUT2D eigenvalue weighted by atomic mass is 16.5. The Kier molecular flexibility index (Phi) is 5.19. The maximum atomic E-state index is 5.56. The van der Waals surface area contributed by atoms with E-state index in [0.29, 0.717) is 17.9 Å². The molecule has 1 unspecified atom stereocenters. The molecule has 1 aromatic heterocycles. The molecule has 0 amide bonds. The molecule has 0 aliphatic carbocycles. The predicted molar refractivity (Wildman–Crippen MR) is 71.3 cm³/mol. The van der Waals surface area contributed by atoms with Gasteiger partial charge in [0.1, 0.15) is 0 Å². The molecule has 1 atom stereocenters. The molecule has 1 aromatic rings. The fourth-order valence-corrected chi connectivity index (χ4v) is 1.87. The highest BCUT2D eigenvalue weighted by molar-refractivity contribution is 5.21. The van der Waals surface area contributed by atoms with Crippen LogP contribution in [0.15, 0.2) is 6.20 Å². The highest BCUT2D eigenvalue weighted by Gasteiger charge is 2.16. The van der Waals surface area contributed by atoms with Gasteiger partial charge in [-0.15, -0.1) is 0 Å². The smallest absolute Gasteiger partial charge is 0.0666 e. The quantitative estimate of drug-likeness (QED) is 0.759. The molecule has 0 spiro atoms. The van der Waals surface area contributed by atoms with Crippen molar-refractivity contribution < 1.29 is 4.74 Å². The van der Waals surface area contributed by atoms with Crippen molar-refractivity contribution in [2.24, 2.45) is 5.92 Å². The maximum absolute atomic E-state index is 5.56. The number of hydrogen-bond acceptors (Lipinski definition) is 2. The molecule has 0 aliphatic rings. The van der Waals surface area contributed by atoms with Crippen molar-refractivity contribution in [3.05, 3.63) is 17.5 Å². The van der Waals surface area contributed by atoms with Crippen molar-refractivity contribution in [1.29, 1.82) is 0 Å². The fourth-order valence-electron chi connectivity index (χ4n) is 1.87. The van der Waals surface area contributed by atoms with E-state index in [-0.39, 0.29) is 0 Å². The van der Waals surface area contributed by atoms with Gasteiger partial charge in [0, 0.05) is 5.69 Å². The normalized spacial score (nSPS) is 13.6. The van der Waals surface area contributed by atoms with E-state index >= 15 is 0 Å². The minimum absolute atomic E-state index is 0.292. The monoisotopic (exact) mass is 238 g/mol. The third-order valence-corrected chi connectivity index (χ3v) is 3.39. The van der Waals surface area contributed by atoms with E-state index < -0.39 is 0 Å². The van der Waals surface area contributed by atoms with Crippen LogP contribution in [0, 0.1) is 12.8 Å². The number of hydrogen-bond donors (Lipinski definition) is 0. The van der Waals surface area contributed by atoms with Gasteiger partial charge < -0.3 is 4.74 Å². The standard InChI is InChI=1S/C14H26N2O/c1-10(2)12(5)14-9-15-16(13(14)6)7-8-17-11(3)4/h9-12H,7-8H2,1-6H3. The molecule has 0 aliphatic heterocycles. The second-order valence-electron chi connectivity index (χ2n) is 5.36. The van der Waals surface area contributed by atoms with E-state index in [2.05, 4.69) is 51.3 Å². The molecule has 1 heterocycles. The van der Waals surface area contributed by atoms with Crippen LogP contribution in [0.5, 0.6) is 0 Å². The van der Waals surface area contributed by atoms with Crippen LogP contribution in [0.25, 0.3) is 0 Å². The summed E-state index contributed by atoms with van der Waals surface area (Å²) in [5.74, 6) is 1.22. The van der Waals surface area contributed by atoms with Crippen LogP contribution in [0.2, 0.25) is 0 Å². The van der Waals surface area contributed by atoms with E-state index in [4.69, 9.17) is 4.74 Å². The molecule has 3 heteroatoms. The lowest BCUT2D eigenvalue weighted by atomic mass is 9.91. The summed E-state index contributed by atoms with van der Waals surface area (Å²) in [6, 6.07) is 0. The Morgan fingerprint density at radius 2 is 1.88 bits per heavy atom. The Hall–Kier alpha value is -0.830. The van der Waals surface area contributed by atoms with E-state index in [9.17, 15) is 0 Å². The lowest BCUT2D eigenvalue weighted by molar-refractivity contribution is 0.0706. The summed E-state index contributed by atoms with van der Waals surface area (Å²) in [6.45, 7) is 14.6. The van der Waals surface area contributed by atoms with Crippen molar-refractivity contribution in [3.8, 4) is 0 Å². The molecule has 0 saturated carbocycles. The van der Waals surface area contributed by atoms with Gasteiger partial charge in [0.25, 0.3) is 0 Å². The van der Waals surface area contributed by atoms with Gasteiger partial charge in [-0.3, -0.25) is 4.68 Å². The molecule has 0 aromatic carbocycles. The second-order valence-corrected chi connectivity index (χ2v) is 5.36. The van der Waals surface area contributed by atoms with E-state index in [1.165, 1.54) is 11.3 Å².